The fraction of sp³-hybridized carbons (Fsp3) is 1.00. The average Bonchev–Trinajstić information content (AvgIpc) is 3.03. The lowest BCUT2D eigenvalue weighted by Crippen LogP contribution is -2.62. The molecule has 15 N–H and O–H groups in total. The smallest absolute Gasteiger partial charge is 0.186 e. The first-order chi connectivity index (χ1) is 21.1. The molecule has 0 saturated carbocycles. The minimum atomic E-state index is -2.13. The summed E-state index contributed by atoms with van der Waals surface area (Å²) in [5.74, 6) is 0. The molecule has 0 bridgehead atoms. The molecule has 21 heteroatoms. The van der Waals surface area contributed by atoms with Gasteiger partial charge in [0.05, 0.1) is 33.0 Å². The third-order valence-electron chi connectivity index (χ3n) is 7.79. The lowest BCUT2D eigenvalue weighted by molar-refractivity contribution is -0.333. The monoisotopic (exact) mass is 668 g/mol. The highest BCUT2D eigenvalue weighted by atomic mass is 16.7. The third-order valence-corrected chi connectivity index (χ3v) is 7.79. The fourth-order valence-corrected chi connectivity index (χ4v) is 4.83. The van der Waals surface area contributed by atoms with Crippen LogP contribution < -0.4 is 0 Å². The third kappa shape index (κ3) is 9.00. The van der Waals surface area contributed by atoms with Gasteiger partial charge in [-0.15, -0.1) is 0 Å². The maximum Gasteiger partial charge on any atom is 0.186 e. The van der Waals surface area contributed by atoms with E-state index in [4.69, 9.17) is 28.4 Å². The Morgan fingerprint density at radius 1 is 0.422 bits per heavy atom. The Hall–Kier alpha value is -0.840. The van der Waals surface area contributed by atoms with Crippen LogP contribution in [0.2, 0.25) is 0 Å². The first kappa shape index (κ1) is 38.6. The quantitative estimate of drug-likeness (QED) is 0.0816. The number of aliphatic hydroxyl groups is 15. The van der Waals surface area contributed by atoms with Gasteiger partial charge in [0.25, 0.3) is 0 Å². The van der Waals surface area contributed by atoms with Crippen LogP contribution in [0.25, 0.3) is 0 Å². The summed E-state index contributed by atoms with van der Waals surface area (Å²) in [6.07, 6.45) is -33.3. The molecule has 0 amide bonds. The lowest BCUT2D eigenvalue weighted by atomic mass is 9.98. The molecule has 45 heavy (non-hydrogen) atoms. The van der Waals surface area contributed by atoms with E-state index in [1.807, 2.05) is 0 Å². The van der Waals surface area contributed by atoms with Crippen molar-refractivity contribution in [3.05, 3.63) is 0 Å². The van der Waals surface area contributed by atoms with Crippen LogP contribution in [0.15, 0.2) is 0 Å². The summed E-state index contributed by atoms with van der Waals surface area (Å²) < 4.78 is 31.2. The molecule has 3 fully saturated rings. The van der Waals surface area contributed by atoms with E-state index in [0.29, 0.717) is 0 Å². The minimum absolute atomic E-state index is 0.655. The van der Waals surface area contributed by atoms with Crippen LogP contribution in [0.5, 0.6) is 0 Å². The van der Waals surface area contributed by atoms with Gasteiger partial charge < -0.3 is 105 Å². The molecule has 0 radical (unpaired) electrons. The number of hydrogen-bond acceptors (Lipinski definition) is 21. The van der Waals surface area contributed by atoms with Gasteiger partial charge >= 0.3 is 0 Å². The van der Waals surface area contributed by atoms with E-state index < -0.39 is 150 Å². The van der Waals surface area contributed by atoms with Crippen LogP contribution in [-0.4, -0.2) is 226 Å². The molecule has 19 atom stereocenters. The van der Waals surface area contributed by atoms with Crippen molar-refractivity contribution in [2.45, 2.75) is 117 Å². The number of ether oxygens (including phenoxy) is 6. The Kier molecular flexibility index (Phi) is 14.6. The summed E-state index contributed by atoms with van der Waals surface area (Å²) in [5, 5.41) is 150. The highest BCUT2D eigenvalue weighted by Crippen LogP contribution is 2.27. The van der Waals surface area contributed by atoms with Gasteiger partial charge in [0.1, 0.15) is 97.7 Å². The first-order valence-corrected chi connectivity index (χ1v) is 14.0. The molecule has 3 heterocycles. The maximum atomic E-state index is 10.3. The summed E-state index contributed by atoms with van der Waals surface area (Å²) in [5.41, 5.74) is 0. The molecule has 3 aliphatic heterocycles. The van der Waals surface area contributed by atoms with Gasteiger partial charge in [0.2, 0.25) is 0 Å². The molecule has 0 unspecified atom stereocenters. The van der Waals surface area contributed by atoms with Gasteiger partial charge in [0.15, 0.2) is 18.9 Å². The second-order valence-corrected chi connectivity index (χ2v) is 11.0. The van der Waals surface area contributed by atoms with Crippen molar-refractivity contribution in [2.24, 2.45) is 0 Å². The van der Waals surface area contributed by atoms with Crippen molar-refractivity contribution in [3.63, 3.8) is 0 Å². The van der Waals surface area contributed by atoms with Crippen molar-refractivity contribution < 1.29 is 105 Å². The van der Waals surface area contributed by atoms with E-state index in [2.05, 4.69) is 0 Å². The van der Waals surface area contributed by atoms with Crippen molar-refractivity contribution in [1.82, 2.24) is 0 Å². The zero-order valence-electron chi connectivity index (χ0n) is 23.7. The Bertz CT molecular complexity index is 869. The summed E-state index contributed by atoms with van der Waals surface area (Å²) in [6, 6.07) is 0. The largest absolute Gasteiger partial charge is 0.394 e. The summed E-state index contributed by atoms with van der Waals surface area (Å²) in [7, 11) is 0. The van der Waals surface area contributed by atoms with Crippen LogP contribution in [0.3, 0.4) is 0 Å². The fourth-order valence-electron chi connectivity index (χ4n) is 4.83. The molecular weight excluding hydrogens is 624 g/mol. The van der Waals surface area contributed by atoms with Gasteiger partial charge in [-0.3, -0.25) is 0 Å². The lowest BCUT2D eigenvalue weighted by Gasteiger charge is -2.42. The number of aliphatic hydroxyl groups excluding tert-OH is 15. The Labute approximate surface area is 255 Å². The highest BCUT2D eigenvalue weighted by Gasteiger charge is 2.48. The predicted molar refractivity (Wildman–Crippen MR) is 136 cm³/mol. The van der Waals surface area contributed by atoms with Crippen LogP contribution in [-0.2, 0) is 28.4 Å². The summed E-state index contributed by atoms with van der Waals surface area (Å²) in [6.45, 7) is -3.86. The standard InChI is InChI=1S/C24H44O21/c25-1-8-13(31)16(34)19(37)22(43-8)40-3-6(27)11(29)12(30)7(28)4-41-23-21(39)18(36)15(33)10(45-23)5-42-24-20(38)17(35)14(32)9(2-26)44-24/h6-39H,1-5H2/t6-,7-,8-,9-,10-,11-,12-,13-,14-,15-,16+,17+,18+,19-,20-,21-,22-,23-,24-/m1/s1. The van der Waals surface area contributed by atoms with E-state index in [-0.39, 0.29) is 0 Å². The van der Waals surface area contributed by atoms with Crippen molar-refractivity contribution >= 4 is 0 Å². The number of hydrogen-bond donors (Lipinski definition) is 15. The topological polar surface area (TPSA) is 359 Å². The summed E-state index contributed by atoms with van der Waals surface area (Å²) >= 11 is 0. The normalized spacial score (nSPS) is 45.5. The second-order valence-electron chi connectivity index (χ2n) is 11.0. The zero-order chi connectivity index (χ0) is 33.7. The van der Waals surface area contributed by atoms with Crippen molar-refractivity contribution in [2.75, 3.05) is 33.0 Å². The van der Waals surface area contributed by atoms with Crippen molar-refractivity contribution in [3.8, 4) is 0 Å². The second kappa shape index (κ2) is 17.0. The highest BCUT2D eigenvalue weighted by molar-refractivity contribution is 4.92. The molecule has 3 aliphatic rings. The van der Waals surface area contributed by atoms with E-state index in [0.717, 1.165) is 0 Å². The molecule has 3 rings (SSSR count). The van der Waals surface area contributed by atoms with E-state index in [1.54, 1.807) is 0 Å². The van der Waals surface area contributed by atoms with Gasteiger partial charge in [-0.1, -0.05) is 0 Å². The van der Waals surface area contributed by atoms with Crippen LogP contribution in [0.1, 0.15) is 0 Å². The van der Waals surface area contributed by atoms with Gasteiger partial charge in [-0.2, -0.15) is 0 Å². The maximum absolute atomic E-state index is 10.3. The van der Waals surface area contributed by atoms with E-state index >= 15 is 0 Å². The van der Waals surface area contributed by atoms with Crippen LogP contribution in [0.4, 0.5) is 0 Å². The molecule has 0 aromatic rings. The molecule has 3 saturated heterocycles. The molecule has 0 aromatic carbocycles. The van der Waals surface area contributed by atoms with Crippen LogP contribution >= 0.6 is 0 Å². The zero-order valence-corrected chi connectivity index (χ0v) is 23.7. The molecule has 0 spiro atoms. The molecule has 266 valence electrons. The molecular formula is C24H44O21. The Morgan fingerprint density at radius 2 is 0.733 bits per heavy atom. The SMILES string of the molecule is OC[C@H]1O[C@@H](OC[C@@H](O)[C@@H](O)[C@H](O)[C@H](O)CO[C@@H]2O[C@H](CO[C@@H]3O[C@H](CO)[C@@H](O)[C@H](O)[C@H]3O)[C@@H](O)[C@H](O)[C@H]2O)[C@H](O)[C@@H](O)[C@@H]1O. The van der Waals surface area contributed by atoms with Crippen molar-refractivity contribution in [1.29, 1.82) is 0 Å². The van der Waals surface area contributed by atoms with Gasteiger partial charge in [-0.25, -0.2) is 0 Å². The average molecular weight is 669 g/mol. The van der Waals surface area contributed by atoms with Gasteiger partial charge in [-0.05, 0) is 0 Å². The van der Waals surface area contributed by atoms with E-state index in [1.165, 1.54) is 0 Å². The molecule has 0 aliphatic carbocycles. The molecule has 21 nitrogen and oxygen atoms in total. The molecule has 0 aromatic heterocycles. The minimum Gasteiger partial charge on any atom is -0.394 e. The Balaban J connectivity index is 1.50. The van der Waals surface area contributed by atoms with E-state index in [9.17, 15) is 76.6 Å². The van der Waals surface area contributed by atoms with Crippen LogP contribution in [0, 0.1) is 0 Å². The predicted octanol–water partition coefficient (Wildman–Crippen LogP) is -10.1. The summed E-state index contributed by atoms with van der Waals surface area (Å²) in [4.78, 5) is 0. The van der Waals surface area contributed by atoms with Gasteiger partial charge in [0, 0.05) is 0 Å². The Morgan fingerprint density at radius 3 is 1.09 bits per heavy atom. The first-order valence-electron chi connectivity index (χ1n) is 14.0. The number of rotatable bonds is 14.